The molecular weight excluding hydrogens is 771 g/mol. The number of hydrogen-bond acceptors (Lipinski definition) is 6. The fourth-order valence-corrected chi connectivity index (χ4v) is 11.1. The summed E-state index contributed by atoms with van der Waals surface area (Å²) in [4.78, 5) is 0. The molecule has 0 saturated carbocycles. The molecule has 304 valence electrons. The summed E-state index contributed by atoms with van der Waals surface area (Å²) in [5.41, 5.74) is 19.9. The molecule has 0 radical (unpaired) electrons. The molecule has 6 aromatic carbocycles. The van der Waals surface area contributed by atoms with Crippen molar-refractivity contribution in [2.75, 3.05) is 0 Å². The first-order valence-electron chi connectivity index (χ1n) is 20.4. The van der Waals surface area contributed by atoms with Gasteiger partial charge in [-0.25, -0.2) is 0 Å². The zero-order valence-electron chi connectivity index (χ0n) is 36.4. The molecule has 0 amide bonds. The van der Waals surface area contributed by atoms with Crippen LogP contribution >= 0.6 is 17.2 Å². The standard InChI is InChI=1S/C51H54O6P2/c1-28-21-38(11)46(52-58-54-48-34(7)17-13-30(3)42(48)26-43-31(4)14-18-35(8)49(43)55-58)40(23-28)25-41-24-29(2)22-39(12)47(41)53-59-56-50-36(9)19-15-32(5)44(50)27-45-33(6)16-20-37(10)51(45)57-59/h13-24H,25-27H2,1-12H3. The summed E-state index contributed by atoms with van der Waals surface area (Å²) in [6, 6.07) is 25.9. The fraction of sp³-hybridized carbons (Fsp3) is 0.294. The van der Waals surface area contributed by atoms with Gasteiger partial charge in [0.15, 0.2) is 0 Å². The molecule has 6 aromatic rings. The Morgan fingerprint density at radius 2 is 0.644 bits per heavy atom. The number of benzene rings is 6. The van der Waals surface area contributed by atoms with Gasteiger partial charge in [-0.2, -0.15) is 0 Å². The van der Waals surface area contributed by atoms with Gasteiger partial charge in [-0.05, 0) is 150 Å². The Morgan fingerprint density at radius 3 is 0.932 bits per heavy atom. The third-order valence-electron chi connectivity index (χ3n) is 11.8. The van der Waals surface area contributed by atoms with E-state index in [1.54, 1.807) is 0 Å². The van der Waals surface area contributed by atoms with Gasteiger partial charge >= 0.3 is 17.2 Å². The molecule has 0 fully saturated rings. The second-order valence-corrected chi connectivity index (χ2v) is 18.7. The van der Waals surface area contributed by atoms with E-state index in [4.69, 9.17) is 27.1 Å². The molecule has 2 aliphatic rings. The zero-order chi connectivity index (χ0) is 41.9. The van der Waals surface area contributed by atoms with Crippen LogP contribution in [0.3, 0.4) is 0 Å². The van der Waals surface area contributed by atoms with Gasteiger partial charge in [-0.15, -0.1) is 0 Å². The molecule has 2 heterocycles. The summed E-state index contributed by atoms with van der Waals surface area (Å²) in [6.07, 6.45) is 1.99. The predicted octanol–water partition coefficient (Wildman–Crippen LogP) is 14.3. The second-order valence-electron chi connectivity index (χ2n) is 16.7. The van der Waals surface area contributed by atoms with Crippen molar-refractivity contribution in [1.29, 1.82) is 0 Å². The molecule has 6 nitrogen and oxygen atoms in total. The van der Waals surface area contributed by atoms with Crippen molar-refractivity contribution in [2.45, 2.75) is 102 Å². The molecule has 8 heteroatoms. The molecule has 0 spiro atoms. The van der Waals surface area contributed by atoms with Gasteiger partial charge in [0, 0.05) is 41.5 Å². The predicted molar refractivity (Wildman–Crippen MR) is 242 cm³/mol. The Hall–Kier alpha value is -5.02. The maximum atomic E-state index is 7.03. The minimum Gasteiger partial charge on any atom is -0.408 e. The summed E-state index contributed by atoms with van der Waals surface area (Å²) >= 11 is 0. The van der Waals surface area contributed by atoms with Crippen LogP contribution in [0.5, 0.6) is 34.5 Å². The minimum atomic E-state index is -1.91. The average molecular weight is 825 g/mol. The number of fused-ring (bicyclic) bond motifs is 4. The molecule has 59 heavy (non-hydrogen) atoms. The van der Waals surface area contributed by atoms with Crippen molar-refractivity contribution in [3.63, 3.8) is 0 Å². The van der Waals surface area contributed by atoms with E-state index in [1.165, 1.54) is 44.5 Å². The molecule has 0 N–H and O–H groups in total. The van der Waals surface area contributed by atoms with Crippen molar-refractivity contribution >= 4 is 17.2 Å². The highest BCUT2D eigenvalue weighted by molar-refractivity contribution is 7.43. The van der Waals surface area contributed by atoms with Gasteiger partial charge in [0.1, 0.15) is 34.5 Å². The topological polar surface area (TPSA) is 55.4 Å². The van der Waals surface area contributed by atoms with Crippen molar-refractivity contribution in [3.8, 4) is 34.5 Å². The summed E-state index contributed by atoms with van der Waals surface area (Å²) in [5.74, 6) is 4.82. The van der Waals surface area contributed by atoms with Crippen LogP contribution in [0, 0.1) is 83.1 Å². The van der Waals surface area contributed by atoms with E-state index in [0.29, 0.717) is 6.42 Å². The van der Waals surface area contributed by atoms with Crippen LogP contribution in [0.1, 0.15) is 100 Å². The third-order valence-corrected chi connectivity index (χ3v) is 13.8. The van der Waals surface area contributed by atoms with Crippen molar-refractivity contribution in [1.82, 2.24) is 0 Å². The Labute approximate surface area is 352 Å². The SMILES string of the molecule is Cc1cc(C)c(OP2Oc3c(C)ccc(C)c3Cc3c(C)ccc(C)c3O2)c(Cc2cc(C)cc(C)c2OP2Oc3c(C)ccc(C)c3Cc3c(C)ccc(C)c3O2)c1. The van der Waals surface area contributed by atoms with E-state index < -0.39 is 17.2 Å². The second kappa shape index (κ2) is 16.2. The Kier molecular flexibility index (Phi) is 11.2. The Morgan fingerprint density at radius 1 is 0.373 bits per heavy atom. The largest absolute Gasteiger partial charge is 0.530 e. The maximum absolute atomic E-state index is 7.03. The van der Waals surface area contributed by atoms with Crippen LogP contribution in [0.4, 0.5) is 0 Å². The lowest BCUT2D eigenvalue weighted by atomic mass is 9.93. The number of hydrogen-bond donors (Lipinski definition) is 0. The molecule has 8 rings (SSSR count). The highest BCUT2D eigenvalue weighted by Crippen LogP contribution is 2.53. The normalized spacial score (nSPS) is 13.8. The highest BCUT2D eigenvalue weighted by atomic mass is 31.2. The van der Waals surface area contributed by atoms with E-state index >= 15 is 0 Å². The molecule has 2 aliphatic heterocycles. The van der Waals surface area contributed by atoms with Crippen molar-refractivity contribution in [3.05, 3.63) is 173 Å². The summed E-state index contributed by atoms with van der Waals surface area (Å²) in [6.45, 7) is 25.4. The van der Waals surface area contributed by atoms with E-state index in [2.05, 4.69) is 156 Å². The van der Waals surface area contributed by atoms with Gasteiger partial charge in [0.05, 0.1) is 0 Å². The van der Waals surface area contributed by atoms with Crippen LogP contribution in [0.2, 0.25) is 0 Å². The van der Waals surface area contributed by atoms with E-state index in [9.17, 15) is 0 Å². The highest BCUT2D eigenvalue weighted by Gasteiger charge is 2.33. The first-order chi connectivity index (χ1) is 28.1. The molecule has 0 atom stereocenters. The van der Waals surface area contributed by atoms with Crippen LogP contribution in [0.25, 0.3) is 0 Å². The van der Waals surface area contributed by atoms with Crippen LogP contribution in [0.15, 0.2) is 72.8 Å². The first kappa shape index (κ1) is 40.7. The fourth-order valence-electron chi connectivity index (χ4n) is 8.49. The summed E-state index contributed by atoms with van der Waals surface area (Å²) in [7, 11) is -3.81. The van der Waals surface area contributed by atoms with Crippen molar-refractivity contribution < 1.29 is 27.1 Å². The number of rotatable bonds is 6. The summed E-state index contributed by atoms with van der Waals surface area (Å²) in [5, 5.41) is 0. The summed E-state index contributed by atoms with van der Waals surface area (Å²) < 4.78 is 41.4. The van der Waals surface area contributed by atoms with Gasteiger partial charge in [-0.3, -0.25) is 0 Å². The van der Waals surface area contributed by atoms with E-state index in [1.807, 2.05) is 0 Å². The quantitative estimate of drug-likeness (QED) is 0.156. The average Bonchev–Trinajstić information content (AvgIpc) is 3.16. The molecule has 0 unspecified atom stereocenters. The maximum Gasteiger partial charge on any atom is 0.530 e. The van der Waals surface area contributed by atoms with E-state index in [0.717, 1.165) is 103 Å². The van der Waals surface area contributed by atoms with Crippen LogP contribution < -0.4 is 27.1 Å². The smallest absolute Gasteiger partial charge is 0.408 e. The first-order valence-corrected chi connectivity index (χ1v) is 22.6. The molecule has 0 aliphatic carbocycles. The van der Waals surface area contributed by atoms with Gasteiger partial charge in [0.25, 0.3) is 0 Å². The minimum absolute atomic E-state index is 0.537. The Balaban J connectivity index is 1.19. The molecule has 0 bridgehead atoms. The van der Waals surface area contributed by atoms with Gasteiger partial charge in [0.2, 0.25) is 0 Å². The van der Waals surface area contributed by atoms with Gasteiger partial charge in [-0.1, -0.05) is 83.9 Å². The lowest BCUT2D eigenvalue weighted by Gasteiger charge is -2.29. The third kappa shape index (κ3) is 8.03. The van der Waals surface area contributed by atoms with Gasteiger partial charge < -0.3 is 27.1 Å². The molecule has 0 saturated heterocycles. The monoisotopic (exact) mass is 824 g/mol. The van der Waals surface area contributed by atoms with Crippen LogP contribution in [-0.4, -0.2) is 0 Å². The molecule has 0 aromatic heterocycles. The number of aryl methyl sites for hydroxylation is 12. The van der Waals surface area contributed by atoms with Crippen molar-refractivity contribution in [2.24, 2.45) is 0 Å². The zero-order valence-corrected chi connectivity index (χ0v) is 38.2. The lowest BCUT2D eigenvalue weighted by molar-refractivity contribution is 0.375. The Bertz CT molecular complexity index is 2350. The van der Waals surface area contributed by atoms with E-state index in [-0.39, 0.29) is 0 Å². The lowest BCUT2D eigenvalue weighted by Crippen LogP contribution is -2.13. The molecular formula is C51H54O6P2. The van der Waals surface area contributed by atoms with Crippen LogP contribution in [-0.2, 0) is 19.3 Å².